The van der Waals surface area contributed by atoms with Gasteiger partial charge in [0.05, 0.1) is 16.2 Å². The van der Waals surface area contributed by atoms with Gasteiger partial charge in [-0.3, -0.25) is 14.9 Å². The molecule has 0 saturated carbocycles. The van der Waals surface area contributed by atoms with E-state index in [2.05, 4.69) is 5.32 Å². The minimum absolute atomic E-state index is 0.0309. The van der Waals surface area contributed by atoms with Crippen molar-refractivity contribution in [1.29, 1.82) is 0 Å². The van der Waals surface area contributed by atoms with Crippen molar-refractivity contribution in [3.63, 3.8) is 0 Å². The molecule has 0 fully saturated rings. The predicted octanol–water partition coefficient (Wildman–Crippen LogP) is 4.80. The number of thioether (sulfide) groups is 1. The number of nitro groups is 1. The normalized spacial score (nSPS) is 11.9. The summed E-state index contributed by atoms with van der Waals surface area (Å²) in [5.74, 6) is -0.181. The van der Waals surface area contributed by atoms with Gasteiger partial charge in [-0.05, 0) is 23.8 Å². The number of alkyl halides is 3. The van der Waals surface area contributed by atoms with E-state index in [-0.39, 0.29) is 23.9 Å². The van der Waals surface area contributed by atoms with Gasteiger partial charge in [0.25, 0.3) is 5.69 Å². The van der Waals surface area contributed by atoms with Crippen molar-refractivity contribution in [2.75, 3.05) is 12.3 Å². The summed E-state index contributed by atoms with van der Waals surface area (Å²) >= 11 is 1.22. The van der Waals surface area contributed by atoms with Gasteiger partial charge in [-0.25, -0.2) is 0 Å². The minimum atomic E-state index is -4.42. The van der Waals surface area contributed by atoms with Crippen molar-refractivity contribution < 1.29 is 22.9 Å². The van der Waals surface area contributed by atoms with Gasteiger partial charge in [0.15, 0.2) is 0 Å². The van der Waals surface area contributed by atoms with E-state index >= 15 is 0 Å². The number of amides is 1. The van der Waals surface area contributed by atoms with Crippen LogP contribution in [-0.2, 0) is 16.4 Å². The van der Waals surface area contributed by atoms with Gasteiger partial charge in [0, 0.05) is 29.0 Å². The second-order valence-corrected chi connectivity index (χ2v) is 7.83. The van der Waals surface area contributed by atoms with E-state index in [1.807, 2.05) is 0 Å². The van der Waals surface area contributed by atoms with E-state index in [9.17, 15) is 28.1 Å². The van der Waals surface area contributed by atoms with Crippen LogP contribution in [0.2, 0.25) is 0 Å². The highest BCUT2D eigenvalue weighted by Crippen LogP contribution is 2.32. The summed E-state index contributed by atoms with van der Waals surface area (Å²) in [5.41, 5.74) is -0.963. The molecule has 2 rings (SSSR count). The second kappa shape index (κ2) is 8.64. The van der Waals surface area contributed by atoms with Gasteiger partial charge < -0.3 is 5.32 Å². The van der Waals surface area contributed by atoms with Crippen LogP contribution in [0.1, 0.15) is 25.0 Å². The molecule has 28 heavy (non-hydrogen) atoms. The fourth-order valence-corrected chi connectivity index (χ4v) is 3.13. The Labute approximate surface area is 164 Å². The SMILES string of the molecule is CC(C)(CNC(=O)CSc1ccc([N+](=O)[O-])cc1)c1cccc(C(F)(F)F)c1. The third-order valence-corrected chi connectivity index (χ3v) is 5.13. The van der Waals surface area contributed by atoms with Crippen LogP contribution in [0.25, 0.3) is 0 Å². The summed E-state index contributed by atoms with van der Waals surface area (Å²) in [6, 6.07) is 10.9. The molecule has 0 bridgehead atoms. The Hall–Kier alpha value is -2.55. The molecule has 0 aliphatic carbocycles. The van der Waals surface area contributed by atoms with Gasteiger partial charge in [0.1, 0.15) is 0 Å². The summed E-state index contributed by atoms with van der Waals surface area (Å²) in [6.07, 6.45) is -4.42. The molecule has 9 heteroatoms. The molecule has 2 aromatic carbocycles. The molecule has 5 nitrogen and oxygen atoms in total. The molecule has 0 atom stereocenters. The molecule has 0 aromatic heterocycles. The molecule has 0 spiro atoms. The lowest BCUT2D eigenvalue weighted by Gasteiger charge is -2.26. The second-order valence-electron chi connectivity index (χ2n) is 6.78. The average molecular weight is 412 g/mol. The Morgan fingerprint density at radius 3 is 2.29 bits per heavy atom. The highest BCUT2D eigenvalue weighted by molar-refractivity contribution is 8.00. The molecule has 0 unspecified atom stereocenters. The van der Waals surface area contributed by atoms with Crippen molar-refractivity contribution in [2.45, 2.75) is 30.3 Å². The number of benzene rings is 2. The van der Waals surface area contributed by atoms with Crippen LogP contribution in [0, 0.1) is 10.1 Å². The van der Waals surface area contributed by atoms with E-state index in [1.54, 1.807) is 32.0 Å². The largest absolute Gasteiger partial charge is 0.416 e. The molecular formula is C19H19F3N2O3S. The van der Waals surface area contributed by atoms with Crippen LogP contribution < -0.4 is 5.32 Å². The lowest BCUT2D eigenvalue weighted by molar-refractivity contribution is -0.384. The van der Waals surface area contributed by atoms with Gasteiger partial charge in [-0.2, -0.15) is 13.2 Å². The van der Waals surface area contributed by atoms with Gasteiger partial charge in [-0.1, -0.05) is 32.0 Å². The Kier molecular flexibility index (Phi) is 6.71. The number of nitrogens with one attached hydrogen (secondary N) is 1. The molecule has 0 aliphatic heterocycles. The Morgan fingerprint density at radius 2 is 1.71 bits per heavy atom. The number of halogens is 3. The summed E-state index contributed by atoms with van der Waals surface area (Å²) in [4.78, 5) is 22.9. The standard InChI is InChI=1S/C19H19F3N2O3S/c1-18(2,13-4-3-5-14(10-13)19(20,21)22)12-23-17(25)11-28-16-8-6-15(7-9-16)24(26)27/h3-10H,11-12H2,1-2H3,(H,23,25). The third-order valence-electron chi connectivity index (χ3n) is 4.12. The van der Waals surface area contributed by atoms with Crippen molar-refractivity contribution >= 4 is 23.4 Å². The summed E-state index contributed by atoms with van der Waals surface area (Å²) in [7, 11) is 0. The first-order valence-corrected chi connectivity index (χ1v) is 9.29. The zero-order valence-corrected chi connectivity index (χ0v) is 16.1. The lowest BCUT2D eigenvalue weighted by Crippen LogP contribution is -2.37. The highest BCUT2D eigenvalue weighted by Gasteiger charge is 2.32. The van der Waals surface area contributed by atoms with Crippen LogP contribution in [0.5, 0.6) is 0 Å². The molecule has 2 aromatic rings. The molecular weight excluding hydrogens is 393 g/mol. The van der Waals surface area contributed by atoms with Crippen LogP contribution >= 0.6 is 11.8 Å². The fourth-order valence-electron chi connectivity index (χ4n) is 2.40. The lowest BCUT2D eigenvalue weighted by atomic mass is 9.83. The van der Waals surface area contributed by atoms with Crippen LogP contribution in [0.3, 0.4) is 0 Å². The van der Waals surface area contributed by atoms with Crippen molar-refractivity contribution in [3.8, 4) is 0 Å². The predicted molar refractivity (Wildman–Crippen MR) is 101 cm³/mol. The maximum Gasteiger partial charge on any atom is 0.416 e. The summed E-state index contributed by atoms with van der Waals surface area (Å²) in [5, 5.41) is 13.4. The number of nitro benzene ring substituents is 1. The Morgan fingerprint density at radius 1 is 1.11 bits per heavy atom. The first kappa shape index (κ1) is 21.7. The Balaban J connectivity index is 1.91. The zero-order valence-electron chi connectivity index (χ0n) is 15.2. The first-order chi connectivity index (χ1) is 13.0. The van der Waals surface area contributed by atoms with Crippen molar-refractivity contribution in [3.05, 3.63) is 69.8 Å². The summed E-state index contributed by atoms with van der Waals surface area (Å²) < 4.78 is 38.7. The maximum absolute atomic E-state index is 12.9. The van der Waals surface area contributed by atoms with E-state index < -0.39 is 22.1 Å². The highest BCUT2D eigenvalue weighted by atomic mass is 32.2. The van der Waals surface area contributed by atoms with Gasteiger partial charge in [0.2, 0.25) is 5.91 Å². The van der Waals surface area contributed by atoms with Gasteiger partial charge >= 0.3 is 6.18 Å². The number of hydrogen-bond acceptors (Lipinski definition) is 4. The molecule has 1 N–H and O–H groups in total. The number of rotatable bonds is 7. The molecule has 0 radical (unpaired) electrons. The monoisotopic (exact) mass is 412 g/mol. The average Bonchev–Trinajstić information content (AvgIpc) is 2.64. The van der Waals surface area contributed by atoms with Crippen LogP contribution in [-0.4, -0.2) is 23.1 Å². The maximum atomic E-state index is 12.9. The molecule has 0 heterocycles. The van der Waals surface area contributed by atoms with E-state index in [1.165, 1.54) is 30.0 Å². The fraction of sp³-hybridized carbons (Fsp3) is 0.316. The first-order valence-electron chi connectivity index (χ1n) is 8.31. The molecule has 150 valence electrons. The van der Waals surface area contributed by atoms with Crippen molar-refractivity contribution in [2.24, 2.45) is 0 Å². The molecule has 0 aliphatic rings. The number of nitrogens with zero attached hydrogens (tertiary/aromatic N) is 1. The number of carbonyl (C=O) groups is 1. The van der Waals surface area contributed by atoms with Crippen molar-refractivity contribution in [1.82, 2.24) is 5.32 Å². The van der Waals surface area contributed by atoms with E-state index in [0.29, 0.717) is 10.5 Å². The minimum Gasteiger partial charge on any atom is -0.355 e. The molecule has 1 amide bonds. The van der Waals surface area contributed by atoms with E-state index in [0.717, 1.165) is 12.1 Å². The number of carbonyl (C=O) groups excluding carboxylic acids is 1. The third kappa shape index (κ3) is 5.98. The smallest absolute Gasteiger partial charge is 0.355 e. The van der Waals surface area contributed by atoms with Crippen LogP contribution in [0.15, 0.2) is 53.4 Å². The van der Waals surface area contributed by atoms with Gasteiger partial charge in [-0.15, -0.1) is 11.8 Å². The number of hydrogen-bond donors (Lipinski definition) is 1. The zero-order chi connectivity index (χ0) is 20.9. The topological polar surface area (TPSA) is 72.2 Å². The number of non-ortho nitro benzene ring substituents is 1. The van der Waals surface area contributed by atoms with Crippen LogP contribution in [0.4, 0.5) is 18.9 Å². The van der Waals surface area contributed by atoms with E-state index in [4.69, 9.17) is 0 Å². The quantitative estimate of drug-likeness (QED) is 0.403. The summed E-state index contributed by atoms with van der Waals surface area (Å²) in [6.45, 7) is 3.69. The molecule has 0 saturated heterocycles. The Bertz CT molecular complexity index is 852.